The van der Waals surface area contributed by atoms with Gasteiger partial charge in [-0.15, -0.1) is 0 Å². The molecule has 2 heterocycles. The molecular weight excluding hydrogens is 539 g/mol. The van der Waals surface area contributed by atoms with Crippen molar-refractivity contribution >= 4 is 29.2 Å². The average molecular weight is 563 g/mol. The predicted octanol–water partition coefficient (Wildman–Crippen LogP) is 2.26. The van der Waals surface area contributed by atoms with E-state index < -0.39 is 41.6 Å². The minimum Gasteiger partial charge on any atom is -0.457 e. The molecule has 2 atom stereocenters. The number of carbonyl (C=O) groups is 3. The summed E-state index contributed by atoms with van der Waals surface area (Å²) in [6.07, 6.45) is -3.44. The van der Waals surface area contributed by atoms with Gasteiger partial charge in [-0.2, -0.15) is 0 Å². The predicted molar refractivity (Wildman–Crippen MR) is 141 cm³/mol. The Bertz CT molecular complexity index is 1620. The monoisotopic (exact) mass is 562 g/mol. The highest BCUT2D eigenvalue weighted by Crippen LogP contribution is 2.25. The molecule has 0 aliphatic carbocycles. The SMILES string of the molecule is O=C(OCc1ccccc1)c1cc(N2CCOC(C(O)C(=O)Nc3ccc(-c4noc(=O)[nH]4)cc3)C2=O)ccc1F. The Morgan fingerprint density at radius 2 is 1.88 bits per heavy atom. The van der Waals surface area contributed by atoms with E-state index in [0.29, 0.717) is 11.3 Å². The van der Waals surface area contributed by atoms with Gasteiger partial charge in [-0.05, 0) is 48.0 Å². The number of benzene rings is 3. The fourth-order valence-electron chi connectivity index (χ4n) is 4.15. The van der Waals surface area contributed by atoms with E-state index in [-0.39, 0.29) is 36.8 Å². The summed E-state index contributed by atoms with van der Waals surface area (Å²) in [5.74, 6) is -3.92. The van der Waals surface area contributed by atoms with Crippen LogP contribution in [0.2, 0.25) is 0 Å². The topological polar surface area (TPSA) is 164 Å². The fraction of sp³-hybridized carbons (Fsp3) is 0.179. The van der Waals surface area contributed by atoms with Crippen molar-refractivity contribution < 1.29 is 37.9 Å². The van der Waals surface area contributed by atoms with Gasteiger partial charge in [0.1, 0.15) is 12.4 Å². The minimum atomic E-state index is -1.88. The molecule has 3 aromatic carbocycles. The Morgan fingerprint density at radius 3 is 2.59 bits per heavy atom. The third-order valence-corrected chi connectivity index (χ3v) is 6.24. The number of aliphatic hydroxyl groups excluding tert-OH is 1. The van der Waals surface area contributed by atoms with Crippen molar-refractivity contribution in [3.8, 4) is 11.4 Å². The molecule has 2 amide bonds. The Morgan fingerprint density at radius 1 is 1.12 bits per heavy atom. The highest BCUT2D eigenvalue weighted by atomic mass is 19.1. The molecule has 1 aliphatic heterocycles. The van der Waals surface area contributed by atoms with E-state index in [0.717, 1.165) is 11.6 Å². The summed E-state index contributed by atoms with van der Waals surface area (Å²) in [6.45, 7) is -0.0540. The molecule has 13 heteroatoms. The maximum atomic E-state index is 14.5. The molecule has 41 heavy (non-hydrogen) atoms. The van der Waals surface area contributed by atoms with Crippen molar-refractivity contribution in [2.45, 2.75) is 18.8 Å². The number of ether oxygens (including phenoxy) is 2. The number of morpholine rings is 1. The normalized spacial score (nSPS) is 15.8. The largest absolute Gasteiger partial charge is 0.457 e. The number of aromatic amines is 1. The van der Waals surface area contributed by atoms with Crippen LogP contribution in [-0.2, 0) is 25.7 Å². The van der Waals surface area contributed by atoms with Crippen LogP contribution in [0.1, 0.15) is 15.9 Å². The number of carbonyl (C=O) groups excluding carboxylic acids is 3. The highest BCUT2D eigenvalue weighted by Gasteiger charge is 2.39. The number of hydrogen-bond acceptors (Lipinski definition) is 9. The van der Waals surface area contributed by atoms with Crippen LogP contribution in [0, 0.1) is 5.82 Å². The van der Waals surface area contributed by atoms with Crippen molar-refractivity contribution in [3.05, 3.63) is 100 Å². The molecule has 5 rings (SSSR count). The van der Waals surface area contributed by atoms with E-state index in [1.807, 2.05) is 6.07 Å². The first-order valence-corrected chi connectivity index (χ1v) is 12.4. The van der Waals surface area contributed by atoms with E-state index in [1.165, 1.54) is 29.2 Å². The van der Waals surface area contributed by atoms with Crippen LogP contribution in [0.25, 0.3) is 11.4 Å². The Hall–Kier alpha value is -5.14. The quantitative estimate of drug-likeness (QED) is 0.273. The number of aliphatic hydroxyl groups is 1. The first-order chi connectivity index (χ1) is 19.8. The second kappa shape index (κ2) is 11.9. The summed E-state index contributed by atoms with van der Waals surface area (Å²) in [5.41, 5.74) is 1.33. The minimum absolute atomic E-state index is 0.0312. The second-order valence-corrected chi connectivity index (χ2v) is 8.96. The van der Waals surface area contributed by atoms with Crippen LogP contribution >= 0.6 is 0 Å². The van der Waals surface area contributed by atoms with E-state index in [4.69, 9.17) is 9.47 Å². The smallest absolute Gasteiger partial charge is 0.439 e. The number of amides is 2. The molecule has 2 unspecified atom stereocenters. The van der Waals surface area contributed by atoms with Crippen molar-refractivity contribution in [2.24, 2.45) is 0 Å². The lowest BCUT2D eigenvalue weighted by Gasteiger charge is -2.34. The average Bonchev–Trinajstić information content (AvgIpc) is 3.43. The molecule has 210 valence electrons. The molecule has 1 fully saturated rings. The van der Waals surface area contributed by atoms with Gasteiger partial charge in [0.2, 0.25) is 0 Å². The lowest BCUT2D eigenvalue weighted by Crippen LogP contribution is -2.55. The number of rotatable bonds is 8. The number of halogens is 1. The Balaban J connectivity index is 1.24. The van der Waals surface area contributed by atoms with Crippen LogP contribution in [0.4, 0.5) is 15.8 Å². The maximum absolute atomic E-state index is 14.5. The van der Waals surface area contributed by atoms with Crippen LogP contribution in [0.5, 0.6) is 0 Å². The second-order valence-electron chi connectivity index (χ2n) is 8.96. The van der Waals surface area contributed by atoms with Gasteiger partial charge in [0.15, 0.2) is 18.0 Å². The van der Waals surface area contributed by atoms with Gasteiger partial charge >= 0.3 is 11.7 Å². The first kappa shape index (κ1) is 27.4. The number of hydrogen-bond donors (Lipinski definition) is 3. The number of nitrogens with one attached hydrogen (secondary N) is 2. The summed E-state index contributed by atoms with van der Waals surface area (Å²) in [4.78, 5) is 53.3. The van der Waals surface area contributed by atoms with Crippen LogP contribution in [0.3, 0.4) is 0 Å². The van der Waals surface area contributed by atoms with E-state index in [1.54, 1.807) is 36.4 Å². The van der Waals surface area contributed by atoms with E-state index in [9.17, 15) is 28.7 Å². The maximum Gasteiger partial charge on any atom is 0.439 e. The molecular formula is C28H23FN4O8. The zero-order valence-corrected chi connectivity index (χ0v) is 21.3. The molecule has 0 spiro atoms. The third-order valence-electron chi connectivity index (χ3n) is 6.24. The first-order valence-electron chi connectivity index (χ1n) is 12.4. The number of nitrogens with zero attached hydrogens (tertiary/aromatic N) is 2. The fourth-order valence-corrected chi connectivity index (χ4v) is 4.15. The molecule has 1 saturated heterocycles. The van der Waals surface area contributed by atoms with Crippen LogP contribution in [-0.4, -0.2) is 58.4 Å². The Kier molecular flexibility index (Phi) is 7.99. The molecule has 4 aromatic rings. The van der Waals surface area contributed by atoms with Gasteiger partial charge in [-0.25, -0.2) is 14.0 Å². The van der Waals surface area contributed by atoms with E-state index >= 15 is 0 Å². The molecule has 1 aromatic heterocycles. The van der Waals surface area contributed by atoms with Crippen molar-refractivity contribution in [1.29, 1.82) is 0 Å². The van der Waals surface area contributed by atoms with Gasteiger partial charge < -0.3 is 24.8 Å². The molecule has 0 bridgehead atoms. The summed E-state index contributed by atoms with van der Waals surface area (Å²) >= 11 is 0. The third kappa shape index (κ3) is 6.21. The number of H-pyrrole nitrogens is 1. The van der Waals surface area contributed by atoms with Gasteiger partial charge in [-0.3, -0.25) is 19.1 Å². The molecule has 0 saturated carbocycles. The number of anilines is 2. The Labute approximate surface area is 231 Å². The van der Waals surface area contributed by atoms with E-state index in [2.05, 4.69) is 20.0 Å². The standard InChI is InChI=1S/C28H23FN4O8/c29-21-11-10-19(14-20(21)27(37)40-15-16-4-2-1-3-5-16)33-12-13-39-23(26(33)36)22(34)25(35)30-18-8-6-17(7-9-18)24-31-28(38)41-32-24/h1-11,14,22-23,34H,12-13,15H2,(H,30,35)(H,31,32,38). The van der Waals surface area contributed by atoms with Crippen molar-refractivity contribution in [2.75, 3.05) is 23.4 Å². The van der Waals surface area contributed by atoms with Gasteiger partial charge in [0, 0.05) is 23.5 Å². The summed E-state index contributed by atoms with van der Waals surface area (Å²) in [6, 6.07) is 18.5. The molecule has 3 N–H and O–H groups in total. The lowest BCUT2D eigenvalue weighted by atomic mass is 10.1. The van der Waals surface area contributed by atoms with Crippen molar-refractivity contribution in [3.63, 3.8) is 0 Å². The summed E-state index contributed by atoms with van der Waals surface area (Å²) in [7, 11) is 0. The lowest BCUT2D eigenvalue weighted by molar-refractivity contribution is -0.150. The van der Waals surface area contributed by atoms with Gasteiger partial charge in [-0.1, -0.05) is 35.5 Å². The van der Waals surface area contributed by atoms with Gasteiger partial charge in [0.25, 0.3) is 11.8 Å². The molecule has 12 nitrogen and oxygen atoms in total. The summed E-state index contributed by atoms with van der Waals surface area (Å²) < 4.78 is 29.6. The van der Waals surface area contributed by atoms with Crippen LogP contribution < -0.4 is 16.0 Å². The molecule has 0 radical (unpaired) electrons. The van der Waals surface area contributed by atoms with Crippen LogP contribution in [0.15, 0.2) is 82.1 Å². The van der Waals surface area contributed by atoms with Crippen molar-refractivity contribution in [1.82, 2.24) is 10.1 Å². The number of aromatic nitrogens is 2. The molecule has 1 aliphatic rings. The summed E-state index contributed by atoms with van der Waals surface area (Å²) in [5, 5.41) is 16.7. The zero-order valence-electron chi connectivity index (χ0n) is 21.3. The number of esters is 1. The van der Waals surface area contributed by atoms with Gasteiger partial charge in [0.05, 0.1) is 12.2 Å². The zero-order chi connectivity index (χ0) is 28.9. The highest BCUT2D eigenvalue weighted by molar-refractivity contribution is 6.04.